The highest BCUT2D eigenvalue weighted by Gasteiger charge is 2.15. The topological polar surface area (TPSA) is 66.6 Å². The van der Waals surface area contributed by atoms with Crippen molar-refractivity contribution in [2.45, 2.75) is 19.9 Å². The molecule has 0 atom stereocenters. The van der Waals surface area contributed by atoms with Crippen LogP contribution in [0.25, 0.3) is 0 Å². The molecule has 1 rings (SSSR count). The van der Waals surface area contributed by atoms with Crippen LogP contribution in [0.3, 0.4) is 0 Å². The maximum absolute atomic E-state index is 10.7. The number of halogens is 1. The van der Waals surface area contributed by atoms with Gasteiger partial charge < -0.3 is 10.0 Å². The van der Waals surface area contributed by atoms with Gasteiger partial charge in [-0.2, -0.15) is 0 Å². The molecule has 6 heteroatoms. The number of hydrogen-bond donors (Lipinski definition) is 1. The first-order chi connectivity index (χ1) is 7.97. The fourth-order valence-corrected chi connectivity index (χ4v) is 2.31. The van der Waals surface area contributed by atoms with Crippen molar-refractivity contribution in [3.63, 3.8) is 0 Å². The smallest absolute Gasteiger partial charge is 0.282 e. The second-order valence-corrected chi connectivity index (χ2v) is 5.07. The zero-order valence-electron chi connectivity index (χ0n) is 9.76. The number of aliphatic hydroxyl groups is 1. The fourth-order valence-electron chi connectivity index (χ4n) is 1.62. The van der Waals surface area contributed by atoms with Gasteiger partial charge in [-0.05, 0) is 48.6 Å². The molecule has 0 unspecified atom stereocenters. The average Bonchev–Trinajstić information content (AvgIpc) is 2.24. The second kappa shape index (κ2) is 6.15. The van der Waals surface area contributed by atoms with E-state index in [1.807, 2.05) is 41.3 Å². The van der Waals surface area contributed by atoms with Gasteiger partial charge in [-0.3, -0.25) is 10.1 Å². The fraction of sp³-hybridized carbons (Fsp3) is 0.455. The number of rotatable bonds is 5. The van der Waals surface area contributed by atoms with Gasteiger partial charge in [0.2, 0.25) is 0 Å². The Hall–Kier alpha value is -0.890. The number of nitrogens with zero attached hydrogens (tertiary/aromatic N) is 2. The summed E-state index contributed by atoms with van der Waals surface area (Å²) in [7, 11) is 0. The Morgan fingerprint density at radius 3 is 2.59 bits per heavy atom. The summed E-state index contributed by atoms with van der Waals surface area (Å²) in [4.78, 5) is 12.3. The van der Waals surface area contributed by atoms with Gasteiger partial charge in [0.15, 0.2) is 0 Å². The molecule has 0 aromatic heterocycles. The summed E-state index contributed by atoms with van der Waals surface area (Å²) in [5, 5.41) is 19.7. The van der Waals surface area contributed by atoms with Crippen molar-refractivity contribution in [1.29, 1.82) is 0 Å². The zero-order chi connectivity index (χ0) is 13.0. The molecular formula is C11H15IN2O3. The summed E-state index contributed by atoms with van der Waals surface area (Å²) in [6, 6.07) is 5.23. The van der Waals surface area contributed by atoms with Gasteiger partial charge in [0.25, 0.3) is 5.69 Å². The van der Waals surface area contributed by atoms with Gasteiger partial charge in [0.05, 0.1) is 15.1 Å². The van der Waals surface area contributed by atoms with Gasteiger partial charge in [-0.15, -0.1) is 0 Å². The first-order valence-corrected chi connectivity index (χ1v) is 6.36. The van der Waals surface area contributed by atoms with Gasteiger partial charge in [0.1, 0.15) is 0 Å². The van der Waals surface area contributed by atoms with Crippen molar-refractivity contribution in [1.82, 2.24) is 0 Å². The number of anilines is 1. The third-order valence-electron chi connectivity index (χ3n) is 2.42. The quantitative estimate of drug-likeness (QED) is 0.503. The van der Waals surface area contributed by atoms with Gasteiger partial charge >= 0.3 is 0 Å². The van der Waals surface area contributed by atoms with Crippen LogP contribution in [0.2, 0.25) is 0 Å². The van der Waals surface area contributed by atoms with Crippen molar-refractivity contribution in [2.75, 3.05) is 18.1 Å². The van der Waals surface area contributed by atoms with Crippen LogP contribution in [0.15, 0.2) is 18.2 Å². The Balaban J connectivity index is 3.06. The summed E-state index contributed by atoms with van der Waals surface area (Å²) >= 11 is 1.96. The summed E-state index contributed by atoms with van der Waals surface area (Å²) in [6.07, 6.45) is 0. The first-order valence-electron chi connectivity index (χ1n) is 5.28. The van der Waals surface area contributed by atoms with Crippen molar-refractivity contribution in [3.05, 3.63) is 31.9 Å². The van der Waals surface area contributed by atoms with E-state index in [-0.39, 0.29) is 18.3 Å². The van der Waals surface area contributed by atoms with E-state index in [0.29, 0.717) is 10.1 Å². The van der Waals surface area contributed by atoms with E-state index in [9.17, 15) is 10.1 Å². The predicted octanol–water partition coefficient (Wildman–Crippen LogP) is 2.41. The Bertz CT molecular complexity index is 410. The lowest BCUT2D eigenvalue weighted by atomic mass is 10.2. The van der Waals surface area contributed by atoms with Gasteiger partial charge in [-0.1, -0.05) is 0 Å². The first kappa shape index (κ1) is 14.2. The van der Waals surface area contributed by atoms with E-state index in [2.05, 4.69) is 0 Å². The lowest BCUT2D eigenvalue weighted by Gasteiger charge is -2.28. The van der Waals surface area contributed by atoms with E-state index >= 15 is 0 Å². The molecule has 0 fully saturated rings. The van der Waals surface area contributed by atoms with Crippen molar-refractivity contribution < 1.29 is 10.0 Å². The SMILES string of the molecule is CC(C)N(CCO)c1ccc([N+](=O)[O-])c(I)c1. The Morgan fingerprint density at radius 1 is 1.53 bits per heavy atom. The molecule has 0 aliphatic heterocycles. The minimum absolute atomic E-state index is 0.0613. The van der Waals surface area contributed by atoms with E-state index in [4.69, 9.17) is 5.11 Å². The Morgan fingerprint density at radius 2 is 2.18 bits per heavy atom. The lowest BCUT2D eigenvalue weighted by molar-refractivity contribution is -0.385. The van der Waals surface area contributed by atoms with Crippen molar-refractivity contribution in [3.8, 4) is 0 Å². The molecule has 0 amide bonds. The molecule has 0 bridgehead atoms. The third-order valence-corrected chi connectivity index (χ3v) is 3.29. The molecule has 0 radical (unpaired) electrons. The van der Waals surface area contributed by atoms with Crippen molar-refractivity contribution >= 4 is 34.0 Å². The van der Waals surface area contributed by atoms with E-state index in [1.165, 1.54) is 6.07 Å². The zero-order valence-corrected chi connectivity index (χ0v) is 11.9. The molecule has 5 nitrogen and oxygen atoms in total. The molecule has 0 aliphatic rings. The molecule has 17 heavy (non-hydrogen) atoms. The van der Waals surface area contributed by atoms with E-state index < -0.39 is 4.92 Å². The maximum atomic E-state index is 10.7. The van der Waals surface area contributed by atoms with Crippen LogP contribution in [-0.2, 0) is 0 Å². The normalized spacial score (nSPS) is 10.6. The molecule has 0 saturated heterocycles. The Labute approximate surface area is 114 Å². The largest absolute Gasteiger partial charge is 0.395 e. The van der Waals surface area contributed by atoms with E-state index in [0.717, 1.165) is 5.69 Å². The van der Waals surface area contributed by atoms with Crippen LogP contribution in [0.4, 0.5) is 11.4 Å². The molecule has 0 spiro atoms. The van der Waals surface area contributed by atoms with Gasteiger partial charge in [0, 0.05) is 24.3 Å². The monoisotopic (exact) mass is 350 g/mol. The minimum Gasteiger partial charge on any atom is -0.395 e. The minimum atomic E-state index is -0.392. The van der Waals surface area contributed by atoms with Crippen LogP contribution in [0, 0.1) is 13.7 Å². The molecular weight excluding hydrogens is 335 g/mol. The molecule has 94 valence electrons. The average molecular weight is 350 g/mol. The predicted molar refractivity (Wildman–Crippen MR) is 75.4 cm³/mol. The standard InChI is InChI=1S/C11H15IN2O3/c1-8(2)13(5-6-15)9-3-4-11(14(16)17)10(12)7-9/h3-4,7-8,15H,5-6H2,1-2H3. The molecule has 1 aromatic rings. The highest BCUT2D eigenvalue weighted by molar-refractivity contribution is 14.1. The van der Waals surface area contributed by atoms with Crippen LogP contribution in [0.5, 0.6) is 0 Å². The number of nitro groups is 1. The summed E-state index contributed by atoms with van der Waals surface area (Å²) in [5.41, 5.74) is 1.01. The number of aliphatic hydroxyl groups excluding tert-OH is 1. The summed E-state index contributed by atoms with van der Waals surface area (Å²) in [6.45, 7) is 4.62. The summed E-state index contributed by atoms with van der Waals surface area (Å²) in [5.74, 6) is 0. The number of nitro benzene ring substituents is 1. The maximum Gasteiger partial charge on any atom is 0.282 e. The van der Waals surface area contributed by atoms with Crippen LogP contribution >= 0.6 is 22.6 Å². The third kappa shape index (κ3) is 3.53. The summed E-state index contributed by atoms with van der Waals surface area (Å²) < 4.78 is 0.605. The molecule has 0 saturated carbocycles. The second-order valence-electron chi connectivity index (χ2n) is 3.90. The van der Waals surface area contributed by atoms with Crippen LogP contribution < -0.4 is 4.90 Å². The molecule has 1 N–H and O–H groups in total. The Kier molecular flexibility index (Phi) is 5.13. The van der Waals surface area contributed by atoms with E-state index in [1.54, 1.807) is 12.1 Å². The number of hydrogen-bond acceptors (Lipinski definition) is 4. The van der Waals surface area contributed by atoms with Crippen molar-refractivity contribution in [2.24, 2.45) is 0 Å². The highest BCUT2D eigenvalue weighted by Crippen LogP contribution is 2.27. The van der Waals surface area contributed by atoms with Gasteiger partial charge in [-0.25, -0.2) is 0 Å². The lowest BCUT2D eigenvalue weighted by Crippen LogP contribution is -2.33. The van der Waals surface area contributed by atoms with Crippen LogP contribution in [-0.4, -0.2) is 29.2 Å². The van der Waals surface area contributed by atoms with Crippen LogP contribution in [0.1, 0.15) is 13.8 Å². The molecule has 0 aliphatic carbocycles. The molecule has 0 heterocycles. The molecule has 1 aromatic carbocycles. The number of benzene rings is 1. The highest BCUT2D eigenvalue weighted by atomic mass is 127.